The number of thiophene rings is 1. The van der Waals surface area contributed by atoms with Gasteiger partial charge in [0, 0.05) is 10.6 Å². The normalized spacial score (nSPS) is 11.0. The van der Waals surface area contributed by atoms with Gasteiger partial charge in [0.2, 0.25) is 5.95 Å². The van der Waals surface area contributed by atoms with Crippen LogP contribution in [0.3, 0.4) is 0 Å². The maximum atomic E-state index is 13.5. The first-order chi connectivity index (χ1) is 10.0. The number of nitrogens with one attached hydrogen (secondary N) is 1. The van der Waals surface area contributed by atoms with Gasteiger partial charge in [-0.05, 0) is 43.2 Å². The molecule has 0 radical (unpaired) electrons. The summed E-state index contributed by atoms with van der Waals surface area (Å²) in [5.41, 5.74) is 7.25. The Balaban J connectivity index is 2.08. The average Bonchev–Trinajstić information content (AvgIpc) is 2.80. The van der Waals surface area contributed by atoms with Crippen molar-refractivity contribution in [3.63, 3.8) is 0 Å². The highest BCUT2D eigenvalue weighted by molar-refractivity contribution is 7.18. The van der Waals surface area contributed by atoms with Gasteiger partial charge in [0.15, 0.2) is 0 Å². The van der Waals surface area contributed by atoms with Gasteiger partial charge in [-0.1, -0.05) is 6.92 Å². The van der Waals surface area contributed by atoms with Crippen LogP contribution in [-0.2, 0) is 6.42 Å². The Morgan fingerprint density at radius 1 is 1.24 bits per heavy atom. The Bertz CT molecular complexity index is 793. The molecule has 3 N–H and O–H groups in total. The smallest absolute Gasteiger partial charge is 0.223 e. The van der Waals surface area contributed by atoms with E-state index in [1.165, 1.54) is 17.0 Å². The van der Waals surface area contributed by atoms with Gasteiger partial charge in [-0.15, -0.1) is 11.3 Å². The number of rotatable bonds is 3. The molecule has 0 aliphatic heterocycles. The number of hydrogen-bond donors (Lipinski definition) is 2. The summed E-state index contributed by atoms with van der Waals surface area (Å²) in [5, 5.41) is 4.05. The van der Waals surface area contributed by atoms with Crippen molar-refractivity contribution >= 4 is 39.0 Å². The van der Waals surface area contributed by atoms with Crippen molar-refractivity contribution in [2.75, 3.05) is 11.1 Å². The molecule has 4 nitrogen and oxygen atoms in total. The number of fused-ring (bicyclic) bond motifs is 1. The lowest BCUT2D eigenvalue weighted by Gasteiger charge is -2.08. The third-order valence-electron chi connectivity index (χ3n) is 3.11. The quantitative estimate of drug-likeness (QED) is 0.767. The van der Waals surface area contributed by atoms with Crippen molar-refractivity contribution < 1.29 is 4.39 Å². The molecule has 0 aliphatic rings. The van der Waals surface area contributed by atoms with Gasteiger partial charge in [-0.3, -0.25) is 0 Å². The van der Waals surface area contributed by atoms with Crippen LogP contribution >= 0.6 is 11.3 Å². The van der Waals surface area contributed by atoms with Gasteiger partial charge in [0.25, 0.3) is 0 Å². The third kappa shape index (κ3) is 2.80. The first-order valence-corrected chi connectivity index (χ1v) is 7.47. The molecule has 3 rings (SSSR count). The first-order valence-electron chi connectivity index (χ1n) is 6.65. The Hall–Kier alpha value is -2.21. The minimum absolute atomic E-state index is 0.211. The molecule has 6 heteroatoms. The predicted molar refractivity (Wildman–Crippen MR) is 85.6 cm³/mol. The summed E-state index contributed by atoms with van der Waals surface area (Å²) >= 11 is 1.60. The molecule has 0 spiro atoms. The van der Waals surface area contributed by atoms with Crippen LogP contribution in [0.15, 0.2) is 24.3 Å². The summed E-state index contributed by atoms with van der Waals surface area (Å²) in [4.78, 5) is 10.6. The Morgan fingerprint density at radius 3 is 2.76 bits per heavy atom. The molecule has 0 amide bonds. The zero-order valence-electron chi connectivity index (χ0n) is 11.8. The van der Waals surface area contributed by atoms with E-state index in [1.807, 2.05) is 19.1 Å². The fourth-order valence-corrected chi connectivity index (χ4v) is 3.18. The summed E-state index contributed by atoms with van der Waals surface area (Å²) in [6.07, 6.45) is 0.930. The maximum absolute atomic E-state index is 13.5. The van der Waals surface area contributed by atoms with Crippen molar-refractivity contribution in [1.82, 2.24) is 9.97 Å². The second-order valence-corrected chi connectivity index (χ2v) is 5.97. The lowest BCUT2D eigenvalue weighted by atomic mass is 10.2. The lowest BCUT2D eigenvalue weighted by molar-refractivity contribution is 0.627. The van der Waals surface area contributed by atoms with Crippen LogP contribution in [0.2, 0.25) is 0 Å². The molecule has 0 aliphatic carbocycles. The summed E-state index contributed by atoms with van der Waals surface area (Å²) < 4.78 is 13.5. The van der Waals surface area contributed by atoms with E-state index in [0.29, 0.717) is 11.5 Å². The standard InChI is InChI=1S/C15H15FN4S/c1-3-11-7-12-13(19-15(17)20-14(12)21-11)18-10-5-8(2)4-9(16)6-10/h4-7H,3H2,1-2H3,(H3,17,18,19,20). The number of nitrogens with two attached hydrogens (primary N) is 1. The third-order valence-corrected chi connectivity index (χ3v) is 4.29. The highest BCUT2D eigenvalue weighted by atomic mass is 32.1. The second kappa shape index (κ2) is 5.29. The van der Waals surface area contributed by atoms with E-state index >= 15 is 0 Å². The van der Waals surface area contributed by atoms with Crippen LogP contribution in [0.5, 0.6) is 0 Å². The monoisotopic (exact) mass is 302 g/mol. The average molecular weight is 302 g/mol. The van der Waals surface area contributed by atoms with Gasteiger partial charge >= 0.3 is 0 Å². The van der Waals surface area contributed by atoms with Gasteiger partial charge in [0.1, 0.15) is 16.5 Å². The number of hydrogen-bond acceptors (Lipinski definition) is 5. The molecule has 0 saturated carbocycles. The zero-order valence-corrected chi connectivity index (χ0v) is 12.6. The molecule has 3 aromatic rings. The fourth-order valence-electron chi connectivity index (χ4n) is 2.20. The summed E-state index contributed by atoms with van der Waals surface area (Å²) in [5.74, 6) is 0.538. The number of nitrogen functional groups attached to an aromatic ring is 1. The minimum Gasteiger partial charge on any atom is -0.368 e. The molecule has 2 heterocycles. The highest BCUT2D eigenvalue weighted by Crippen LogP contribution is 2.31. The highest BCUT2D eigenvalue weighted by Gasteiger charge is 2.11. The minimum atomic E-state index is -0.282. The van der Waals surface area contributed by atoms with Crippen molar-refractivity contribution in [3.8, 4) is 0 Å². The van der Waals surface area contributed by atoms with E-state index in [1.54, 1.807) is 11.3 Å². The van der Waals surface area contributed by atoms with Crippen molar-refractivity contribution in [2.24, 2.45) is 0 Å². The molecule has 0 fully saturated rings. The van der Waals surface area contributed by atoms with Gasteiger partial charge in [-0.25, -0.2) is 9.37 Å². The molecular weight excluding hydrogens is 287 g/mol. The first kappa shape index (κ1) is 13.8. The second-order valence-electron chi connectivity index (χ2n) is 4.86. The van der Waals surface area contributed by atoms with Crippen molar-refractivity contribution in [3.05, 3.63) is 40.5 Å². The molecule has 108 valence electrons. The summed E-state index contributed by atoms with van der Waals surface area (Å²) in [6, 6.07) is 6.83. The predicted octanol–water partition coefficient (Wildman–Crippen LogP) is 4.03. The molecule has 0 bridgehead atoms. The van der Waals surface area contributed by atoms with Crippen LogP contribution in [0.25, 0.3) is 10.2 Å². The Kier molecular flexibility index (Phi) is 3.47. The molecule has 2 aromatic heterocycles. The zero-order chi connectivity index (χ0) is 15.0. The van der Waals surface area contributed by atoms with Crippen molar-refractivity contribution in [2.45, 2.75) is 20.3 Å². The van der Waals surface area contributed by atoms with E-state index in [-0.39, 0.29) is 11.8 Å². The Morgan fingerprint density at radius 2 is 2.05 bits per heavy atom. The SMILES string of the molecule is CCc1cc2c(Nc3cc(C)cc(F)c3)nc(N)nc2s1. The number of nitrogens with zero attached hydrogens (tertiary/aromatic N) is 2. The van der Waals surface area contributed by atoms with E-state index in [4.69, 9.17) is 5.73 Å². The Labute approximate surface area is 125 Å². The van der Waals surface area contributed by atoms with E-state index in [0.717, 1.165) is 22.2 Å². The largest absolute Gasteiger partial charge is 0.368 e. The lowest BCUT2D eigenvalue weighted by Crippen LogP contribution is -2.00. The number of halogens is 1. The maximum Gasteiger partial charge on any atom is 0.223 e. The van der Waals surface area contributed by atoms with Crippen LogP contribution in [0.4, 0.5) is 21.8 Å². The van der Waals surface area contributed by atoms with Crippen LogP contribution in [-0.4, -0.2) is 9.97 Å². The molecular formula is C15H15FN4S. The number of benzene rings is 1. The van der Waals surface area contributed by atoms with Crippen molar-refractivity contribution in [1.29, 1.82) is 0 Å². The van der Waals surface area contributed by atoms with Gasteiger partial charge in [-0.2, -0.15) is 4.98 Å². The number of anilines is 3. The number of aryl methyl sites for hydroxylation is 2. The summed E-state index contributed by atoms with van der Waals surface area (Å²) in [6.45, 7) is 3.93. The van der Waals surface area contributed by atoms with Crippen LogP contribution in [0.1, 0.15) is 17.4 Å². The van der Waals surface area contributed by atoms with Crippen LogP contribution in [0, 0.1) is 12.7 Å². The van der Waals surface area contributed by atoms with Crippen LogP contribution < -0.4 is 11.1 Å². The van der Waals surface area contributed by atoms with E-state index < -0.39 is 0 Å². The molecule has 0 atom stereocenters. The molecule has 1 aromatic carbocycles. The fraction of sp³-hybridized carbons (Fsp3) is 0.200. The molecule has 0 unspecified atom stereocenters. The van der Waals surface area contributed by atoms with Gasteiger partial charge in [0.05, 0.1) is 5.39 Å². The van der Waals surface area contributed by atoms with E-state index in [9.17, 15) is 4.39 Å². The summed E-state index contributed by atoms with van der Waals surface area (Å²) in [7, 11) is 0. The number of aromatic nitrogens is 2. The van der Waals surface area contributed by atoms with Gasteiger partial charge < -0.3 is 11.1 Å². The molecule has 21 heavy (non-hydrogen) atoms. The molecule has 0 saturated heterocycles. The van der Waals surface area contributed by atoms with E-state index in [2.05, 4.69) is 22.2 Å². The topological polar surface area (TPSA) is 63.8 Å².